The van der Waals surface area contributed by atoms with E-state index in [2.05, 4.69) is 33.9 Å². The minimum atomic E-state index is -0.336. The largest absolute Gasteiger partial charge is 0.340 e. The second-order valence-electron chi connectivity index (χ2n) is 5.70. The van der Waals surface area contributed by atoms with Gasteiger partial charge in [0.1, 0.15) is 0 Å². The molecule has 0 bridgehead atoms. The van der Waals surface area contributed by atoms with Crippen molar-refractivity contribution in [2.24, 2.45) is 10.9 Å². The highest BCUT2D eigenvalue weighted by Crippen LogP contribution is 2.41. The highest BCUT2D eigenvalue weighted by atomic mass is 32.2. The molecule has 1 atom stereocenters. The van der Waals surface area contributed by atoms with E-state index in [4.69, 9.17) is 4.98 Å². The maximum absolute atomic E-state index is 4.74. The van der Waals surface area contributed by atoms with Gasteiger partial charge in [-0.1, -0.05) is 13.8 Å². The van der Waals surface area contributed by atoms with Crippen molar-refractivity contribution < 1.29 is 0 Å². The molecule has 19 heavy (non-hydrogen) atoms. The van der Waals surface area contributed by atoms with Crippen LogP contribution < -0.4 is 4.90 Å². The molecule has 1 fully saturated rings. The lowest BCUT2D eigenvalue weighted by Crippen LogP contribution is -2.18. The third-order valence-electron chi connectivity index (χ3n) is 3.63. The molecule has 0 radical (unpaired) electrons. The Morgan fingerprint density at radius 2 is 2.11 bits per heavy atom. The molecule has 0 saturated carbocycles. The van der Waals surface area contributed by atoms with Crippen LogP contribution in [0.3, 0.4) is 0 Å². The summed E-state index contributed by atoms with van der Waals surface area (Å²) in [7, 11) is -0.336. The van der Waals surface area contributed by atoms with Gasteiger partial charge in [0.15, 0.2) is 5.16 Å². The summed E-state index contributed by atoms with van der Waals surface area (Å²) in [5.74, 6) is 2.71. The number of hydrogen-bond donors (Lipinski definition) is 2. The molecule has 0 aromatic carbocycles. The van der Waals surface area contributed by atoms with E-state index in [9.17, 15) is 0 Å². The summed E-state index contributed by atoms with van der Waals surface area (Å²) < 4.78 is 0. The first-order valence-electron chi connectivity index (χ1n) is 7.22. The Kier molecular flexibility index (Phi) is 3.77. The van der Waals surface area contributed by atoms with Gasteiger partial charge >= 0.3 is 0 Å². The van der Waals surface area contributed by atoms with Gasteiger partial charge in [-0.3, -0.25) is 10.1 Å². The van der Waals surface area contributed by atoms with Gasteiger partial charge < -0.3 is 4.90 Å². The van der Waals surface area contributed by atoms with E-state index in [1.54, 1.807) is 0 Å². The van der Waals surface area contributed by atoms with E-state index in [-0.39, 0.29) is 10.9 Å². The second kappa shape index (κ2) is 5.53. The van der Waals surface area contributed by atoms with Crippen LogP contribution in [0, 0.1) is 5.92 Å². The smallest absolute Gasteiger partial charge is 0.245 e. The van der Waals surface area contributed by atoms with Gasteiger partial charge in [0.2, 0.25) is 5.95 Å². The van der Waals surface area contributed by atoms with E-state index >= 15 is 0 Å². The van der Waals surface area contributed by atoms with E-state index in [1.165, 1.54) is 17.9 Å². The van der Waals surface area contributed by atoms with E-state index in [0.717, 1.165) is 42.9 Å². The van der Waals surface area contributed by atoms with Crippen molar-refractivity contribution in [1.29, 1.82) is 0 Å². The van der Waals surface area contributed by atoms with Crippen molar-refractivity contribution >= 4 is 21.9 Å². The summed E-state index contributed by atoms with van der Waals surface area (Å²) in [6, 6.07) is 0. The van der Waals surface area contributed by atoms with E-state index < -0.39 is 0 Å². The Bertz CT molecular complexity index is 461. The quantitative estimate of drug-likeness (QED) is 0.832. The Balaban J connectivity index is 1.73. The van der Waals surface area contributed by atoms with Gasteiger partial charge in [-0.25, -0.2) is 0 Å². The summed E-state index contributed by atoms with van der Waals surface area (Å²) in [5, 5.41) is 10.0. The van der Waals surface area contributed by atoms with Crippen molar-refractivity contribution in [2.45, 2.75) is 38.3 Å². The first-order valence-corrected chi connectivity index (χ1v) is 8.75. The van der Waals surface area contributed by atoms with Crippen LogP contribution in [0.4, 0.5) is 5.95 Å². The molecule has 3 rings (SSSR count). The first-order chi connectivity index (χ1) is 9.24. The number of aromatic amines is 1. The average Bonchev–Trinajstić information content (AvgIpc) is 3.08. The number of thiol groups is 1. The van der Waals surface area contributed by atoms with Gasteiger partial charge in [0, 0.05) is 25.4 Å². The topological polar surface area (TPSA) is 57.2 Å². The van der Waals surface area contributed by atoms with Gasteiger partial charge in [-0.15, -0.1) is 5.10 Å². The highest BCUT2D eigenvalue weighted by molar-refractivity contribution is 8.30. The third kappa shape index (κ3) is 2.78. The summed E-state index contributed by atoms with van der Waals surface area (Å²) >= 11 is 0. The second-order valence-corrected chi connectivity index (χ2v) is 7.94. The molecule has 0 aliphatic carbocycles. The van der Waals surface area contributed by atoms with Crippen molar-refractivity contribution in [2.75, 3.05) is 30.3 Å². The number of nitrogens with zero attached hydrogens (tertiary/aromatic N) is 4. The molecule has 2 aliphatic rings. The van der Waals surface area contributed by atoms with Gasteiger partial charge in [-0.05, 0) is 25.2 Å². The fraction of sp³-hybridized carbons (Fsp3) is 0.769. The number of hydrogen-bond acceptors (Lipinski definition) is 4. The molecule has 1 N–H and O–H groups in total. The maximum atomic E-state index is 4.74. The molecular weight excluding hydrogens is 258 g/mol. The molecular formula is C13H23N5S. The third-order valence-corrected chi connectivity index (χ3v) is 5.93. The lowest BCUT2D eigenvalue weighted by Gasteiger charge is -2.16. The maximum Gasteiger partial charge on any atom is 0.245 e. The van der Waals surface area contributed by atoms with Crippen LogP contribution >= 0.6 is 10.9 Å². The standard InChI is InChI=1S/C13H23N5S/c1-10(2)9-11-14-5-8-19(11)13-15-12(16-17-13)18-6-3-4-7-18/h10,19H,3-9H2,1-2H3,(H,15,16,17). The zero-order chi connectivity index (χ0) is 13.2. The molecule has 1 saturated heterocycles. The number of aromatic nitrogens is 3. The van der Waals surface area contributed by atoms with Crippen molar-refractivity contribution in [3.8, 4) is 0 Å². The minimum Gasteiger partial charge on any atom is -0.340 e. The zero-order valence-electron chi connectivity index (χ0n) is 11.8. The number of nitrogens with one attached hydrogen (secondary N) is 1. The normalized spacial score (nSPS) is 25.3. The Morgan fingerprint density at radius 3 is 2.84 bits per heavy atom. The zero-order valence-corrected chi connectivity index (χ0v) is 12.7. The fourth-order valence-corrected chi connectivity index (χ4v) is 4.94. The highest BCUT2D eigenvalue weighted by Gasteiger charge is 2.24. The van der Waals surface area contributed by atoms with Crippen LogP contribution in [0.15, 0.2) is 10.1 Å². The van der Waals surface area contributed by atoms with Gasteiger partial charge in [-0.2, -0.15) is 15.9 Å². The lowest BCUT2D eigenvalue weighted by molar-refractivity contribution is 0.688. The van der Waals surface area contributed by atoms with E-state index in [1.807, 2.05) is 0 Å². The molecule has 5 nitrogen and oxygen atoms in total. The summed E-state index contributed by atoms with van der Waals surface area (Å²) in [6.45, 7) is 7.67. The molecule has 3 heterocycles. The molecule has 6 heteroatoms. The molecule has 0 amide bonds. The van der Waals surface area contributed by atoms with Crippen LogP contribution in [-0.4, -0.2) is 45.6 Å². The monoisotopic (exact) mass is 281 g/mol. The van der Waals surface area contributed by atoms with Crippen LogP contribution in [-0.2, 0) is 0 Å². The van der Waals surface area contributed by atoms with E-state index in [0.29, 0.717) is 5.92 Å². The van der Waals surface area contributed by atoms with Crippen LogP contribution in [0.2, 0.25) is 0 Å². The number of anilines is 1. The molecule has 1 aromatic rings. The molecule has 106 valence electrons. The minimum absolute atomic E-state index is 0.336. The molecule has 0 spiro atoms. The van der Waals surface area contributed by atoms with Crippen molar-refractivity contribution in [3.05, 3.63) is 0 Å². The predicted molar refractivity (Wildman–Crippen MR) is 81.7 cm³/mol. The van der Waals surface area contributed by atoms with Crippen LogP contribution in [0.5, 0.6) is 0 Å². The van der Waals surface area contributed by atoms with Gasteiger partial charge in [0.05, 0.1) is 5.04 Å². The van der Waals surface area contributed by atoms with Crippen molar-refractivity contribution in [1.82, 2.24) is 15.2 Å². The summed E-state index contributed by atoms with van der Waals surface area (Å²) in [4.78, 5) is 11.7. The average molecular weight is 281 g/mol. The Morgan fingerprint density at radius 1 is 1.32 bits per heavy atom. The number of rotatable bonds is 4. The number of H-pyrrole nitrogens is 1. The molecule has 1 aromatic heterocycles. The number of aliphatic imine (C=N–C) groups is 1. The van der Waals surface area contributed by atoms with Gasteiger partial charge in [0.25, 0.3) is 0 Å². The predicted octanol–water partition coefficient (Wildman–Crippen LogP) is 2.22. The Hall–Kier alpha value is -1.04. The lowest BCUT2D eigenvalue weighted by atomic mass is 10.1. The first kappa shape index (κ1) is 13.0. The fourth-order valence-electron chi connectivity index (χ4n) is 2.69. The molecule has 2 aliphatic heterocycles. The SMILES string of the molecule is CC(C)CC1=NCC[SH]1c1nc(N2CCCC2)n[nH]1. The summed E-state index contributed by atoms with van der Waals surface area (Å²) in [6.07, 6.45) is 3.63. The van der Waals surface area contributed by atoms with Crippen molar-refractivity contribution in [3.63, 3.8) is 0 Å². The Labute approximate surface area is 117 Å². The molecule has 1 unspecified atom stereocenters. The summed E-state index contributed by atoms with van der Waals surface area (Å²) in [5.41, 5.74) is 0. The van der Waals surface area contributed by atoms with Crippen LogP contribution in [0.25, 0.3) is 0 Å². The van der Waals surface area contributed by atoms with Crippen LogP contribution in [0.1, 0.15) is 33.1 Å².